The molecule has 0 bridgehead atoms. The molecular weight excluding hydrogens is 218 g/mol. The van der Waals surface area contributed by atoms with Crippen molar-refractivity contribution in [3.63, 3.8) is 0 Å². The van der Waals surface area contributed by atoms with E-state index in [1.807, 2.05) is 6.07 Å². The number of esters is 1. The monoisotopic (exact) mass is 231 g/mol. The van der Waals surface area contributed by atoms with Crippen molar-refractivity contribution in [3.8, 4) is 0 Å². The van der Waals surface area contributed by atoms with Crippen molar-refractivity contribution in [2.45, 2.75) is 13.0 Å². The summed E-state index contributed by atoms with van der Waals surface area (Å²) >= 11 is 0. The number of carbonyl (C=O) groups excluding carboxylic acids is 2. The van der Waals surface area contributed by atoms with Crippen molar-refractivity contribution in [2.75, 3.05) is 6.54 Å². The van der Waals surface area contributed by atoms with Gasteiger partial charge < -0.3 is 10.1 Å². The third kappa shape index (κ3) is 2.72. The van der Waals surface area contributed by atoms with Gasteiger partial charge >= 0.3 is 5.97 Å². The summed E-state index contributed by atoms with van der Waals surface area (Å²) in [4.78, 5) is 23.3. The van der Waals surface area contributed by atoms with E-state index in [9.17, 15) is 9.59 Å². The maximum atomic E-state index is 11.8. The lowest BCUT2D eigenvalue weighted by Crippen LogP contribution is -2.39. The van der Waals surface area contributed by atoms with Crippen LogP contribution in [0.4, 0.5) is 0 Å². The first-order valence-electron chi connectivity index (χ1n) is 5.43. The molecule has 1 atom stereocenters. The van der Waals surface area contributed by atoms with Gasteiger partial charge in [0.25, 0.3) is 0 Å². The van der Waals surface area contributed by atoms with E-state index in [0.717, 1.165) is 0 Å². The first-order chi connectivity index (χ1) is 8.16. The van der Waals surface area contributed by atoms with E-state index in [0.29, 0.717) is 12.1 Å². The Morgan fingerprint density at radius 1 is 1.41 bits per heavy atom. The van der Waals surface area contributed by atoms with Gasteiger partial charge in [-0.15, -0.1) is 0 Å². The second-order valence-corrected chi connectivity index (χ2v) is 3.89. The largest absolute Gasteiger partial charge is 0.456 e. The van der Waals surface area contributed by atoms with Crippen LogP contribution < -0.4 is 5.32 Å². The summed E-state index contributed by atoms with van der Waals surface area (Å²) in [5.74, 6) is -0.687. The van der Waals surface area contributed by atoms with Crippen LogP contribution in [-0.2, 0) is 9.53 Å². The molecule has 1 aliphatic rings. The molecule has 1 saturated heterocycles. The Bertz CT molecular complexity index is 465. The summed E-state index contributed by atoms with van der Waals surface area (Å²) in [6, 6.07) is 8.80. The van der Waals surface area contributed by atoms with Crippen molar-refractivity contribution >= 4 is 11.8 Å². The Hall–Kier alpha value is -2.10. The highest BCUT2D eigenvalue weighted by Crippen LogP contribution is 2.08. The molecule has 1 aromatic rings. The van der Waals surface area contributed by atoms with E-state index in [1.165, 1.54) is 6.08 Å². The Balaban J connectivity index is 2.15. The van der Waals surface area contributed by atoms with Gasteiger partial charge in [0.2, 0.25) is 0 Å². The van der Waals surface area contributed by atoms with E-state index in [2.05, 4.69) is 5.32 Å². The Morgan fingerprint density at radius 2 is 2.12 bits per heavy atom. The number of benzene rings is 1. The smallest absolute Gasteiger partial charge is 0.354 e. The minimum atomic E-state index is -0.479. The average molecular weight is 231 g/mol. The van der Waals surface area contributed by atoms with E-state index < -0.39 is 5.97 Å². The van der Waals surface area contributed by atoms with Gasteiger partial charge in [-0.25, -0.2) is 4.79 Å². The van der Waals surface area contributed by atoms with Crippen molar-refractivity contribution in [1.82, 2.24) is 5.32 Å². The molecular formula is C13H13NO3. The van der Waals surface area contributed by atoms with Crippen LogP contribution in [0.15, 0.2) is 42.1 Å². The molecule has 1 aliphatic heterocycles. The topological polar surface area (TPSA) is 55.4 Å². The Labute approximate surface area is 99.3 Å². The van der Waals surface area contributed by atoms with Crippen molar-refractivity contribution < 1.29 is 14.3 Å². The quantitative estimate of drug-likeness (QED) is 0.473. The highest BCUT2D eigenvalue weighted by Gasteiger charge is 2.22. The van der Waals surface area contributed by atoms with Crippen LogP contribution in [0.3, 0.4) is 0 Å². The molecule has 0 saturated carbocycles. The molecule has 1 heterocycles. The van der Waals surface area contributed by atoms with Gasteiger partial charge in [-0.05, 0) is 6.92 Å². The standard InChI is InChI=1S/C13H13NO3/c1-9-8-14-11(13(16)17-9)7-12(15)10-5-3-2-4-6-10/h2-7,9,14H,8H2,1H3/b11-7-. The van der Waals surface area contributed by atoms with Crippen LogP contribution >= 0.6 is 0 Å². The number of morpholine rings is 1. The molecule has 4 heteroatoms. The average Bonchev–Trinajstić information content (AvgIpc) is 2.34. The number of nitrogens with one attached hydrogen (secondary N) is 1. The zero-order valence-electron chi connectivity index (χ0n) is 9.47. The predicted molar refractivity (Wildman–Crippen MR) is 62.4 cm³/mol. The van der Waals surface area contributed by atoms with Crippen LogP contribution in [0.25, 0.3) is 0 Å². The van der Waals surface area contributed by atoms with Gasteiger partial charge in [0.1, 0.15) is 11.8 Å². The summed E-state index contributed by atoms with van der Waals surface area (Å²) in [5.41, 5.74) is 0.769. The van der Waals surface area contributed by atoms with Gasteiger partial charge in [-0.3, -0.25) is 4.79 Å². The first kappa shape index (κ1) is 11.4. The van der Waals surface area contributed by atoms with Gasteiger partial charge in [0.05, 0.1) is 6.54 Å². The lowest BCUT2D eigenvalue weighted by Gasteiger charge is -2.22. The normalized spacial score (nSPS) is 21.8. The Morgan fingerprint density at radius 3 is 2.76 bits per heavy atom. The number of allylic oxidation sites excluding steroid dienone is 1. The number of carbonyl (C=O) groups is 2. The van der Waals surface area contributed by atoms with Crippen LogP contribution in [0.5, 0.6) is 0 Å². The van der Waals surface area contributed by atoms with Crippen molar-refractivity contribution in [1.29, 1.82) is 0 Å². The van der Waals surface area contributed by atoms with E-state index in [-0.39, 0.29) is 17.6 Å². The van der Waals surface area contributed by atoms with Crippen LogP contribution in [-0.4, -0.2) is 24.4 Å². The molecule has 1 N–H and O–H groups in total. The number of hydrogen-bond acceptors (Lipinski definition) is 4. The summed E-state index contributed by atoms with van der Waals surface area (Å²) in [7, 11) is 0. The molecule has 1 fully saturated rings. The number of hydrogen-bond donors (Lipinski definition) is 1. The minimum absolute atomic E-state index is 0.161. The fourth-order valence-corrected chi connectivity index (χ4v) is 1.54. The van der Waals surface area contributed by atoms with E-state index >= 15 is 0 Å². The molecule has 0 amide bonds. The molecule has 0 aromatic heterocycles. The molecule has 1 unspecified atom stereocenters. The van der Waals surface area contributed by atoms with Crippen molar-refractivity contribution in [2.24, 2.45) is 0 Å². The van der Waals surface area contributed by atoms with Gasteiger partial charge in [0.15, 0.2) is 5.78 Å². The molecule has 88 valence electrons. The SMILES string of the molecule is CC1CN/C(=C\C(=O)c2ccccc2)C(=O)O1. The van der Waals surface area contributed by atoms with E-state index in [1.54, 1.807) is 31.2 Å². The molecule has 0 radical (unpaired) electrons. The number of ketones is 1. The third-order valence-electron chi connectivity index (χ3n) is 2.44. The van der Waals surface area contributed by atoms with Gasteiger partial charge in [-0.2, -0.15) is 0 Å². The molecule has 2 rings (SSSR count). The summed E-state index contributed by atoms with van der Waals surface area (Å²) < 4.78 is 5.01. The predicted octanol–water partition coefficient (Wildman–Crippen LogP) is 1.29. The highest BCUT2D eigenvalue weighted by molar-refractivity contribution is 6.08. The van der Waals surface area contributed by atoms with E-state index in [4.69, 9.17) is 4.74 Å². The lowest BCUT2D eigenvalue weighted by molar-refractivity contribution is -0.146. The summed E-state index contributed by atoms with van der Waals surface area (Å²) in [5, 5.41) is 2.89. The number of rotatable bonds is 2. The second-order valence-electron chi connectivity index (χ2n) is 3.89. The molecule has 17 heavy (non-hydrogen) atoms. The molecule has 1 aromatic carbocycles. The molecule has 4 nitrogen and oxygen atoms in total. The molecule has 0 aliphatic carbocycles. The minimum Gasteiger partial charge on any atom is -0.456 e. The maximum Gasteiger partial charge on any atom is 0.354 e. The van der Waals surface area contributed by atoms with Crippen molar-refractivity contribution in [3.05, 3.63) is 47.7 Å². The zero-order valence-corrected chi connectivity index (χ0v) is 9.47. The number of cyclic esters (lactones) is 1. The lowest BCUT2D eigenvalue weighted by atomic mass is 10.1. The van der Waals surface area contributed by atoms with Gasteiger partial charge in [-0.1, -0.05) is 30.3 Å². The van der Waals surface area contributed by atoms with Crippen LogP contribution in [0, 0.1) is 0 Å². The highest BCUT2D eigenvalue weighted by atomic mass is 16.5. The Kier molecular flexibility index (Phi) is 3.23. The van der Waals surface area contributed by atoms with Gasteiger partial charge in [0, 0.05) is 11.6 Å². The summed E-state index contributed by atoms with van der Waals surface area (Å²) in [6.45, 7) is 2.32. The summed E-state index contributed by atoms with van der Waals surface area (Å²) in [6.07, 6.45) is 1.12. The zero-order chi connectivity index (χ0) is 12.3. The fraction of sp³-hybridized carbons (Fsp3) is 0.231. The number of ether oxygens (including phenoxy) is 1. The second kappa shape index (κ2) is 4.82. The first-order valence-corrected chi connectivity index (χ1v) is 5.43. The third-order valence-corrected chi connectivity index (χ3v) is 2.44. The maximum absolute atomic E-state index is 11.8. The van der Waals surface area contributed by atoms with Crippen LogP contribution in [0.1, 0.15) is 17.3 Å². The fourth-order valence-electron chi connectivity index (χ4n) is 1.54. The molecule has 0 spiro atoms. The van der Waals surface area contributed by atoms with Crippen LogP contribution in [0.2, 0.25) is 0 Å².